The van der Waals surface area contributed by atoms with Crippen LogP contribution in [0.25, 0.3) is 16.7 Å². The van der Waals surface area contributed by atoms with E-state index in [-0.39, 0.29) is 23.9 Å². The highest BCUT2D eigenvalue weighted by Crippen LogP contribution is 2.33. The molecule has 0 unspecified atom stereocenters. The minimum Gasteiger partial charge on any atom is -0.388 e. The Morgan fingerprint density at radius 2 is 1.77 bits per heavy atom. The van der Waals surface area contributed by atoms with Crippen molar-refractivity contribution in [2.45, 2.75) is 37.8 Å². The first kappa shape index (κ1) is 24.7. The molecule has 4 heterocycles. The first-order chi connectivity index (χ1) is 18.9. The minimum absolute atomic E-state index is 0.104. The fraction of sp³-hybridized carbons (Fsp3) is 0.333. The van der Waals surface area contributed by atoms with E-state index in [0.29, 0.717) is 54.0 Å². The van der Waals surface area contributed by atoms with E-state index in [1.165, 1.54) is 17.1 Å². The van der Waals surface area contributed by atoms with E-state index in [1.54, 1.807) is 53.5 Å². The Labute approximate surface area is 223 Å². The molecular weight excluding hydrogens is 500 g/mol. The molecule has 1 aromatic carbocycles. The van der Waals surface area contributed by atoms with E-state index in [4.69, 9.17) is 0 Å². The molecular formula is C27H28N8O4. The van der Waals surface area contributed by atoms with Crippen molar-refractivity contribution in [2.24, 2.45) is 5.92 Å². The van der Waals surface area contributed by atoms with Crippen LogP contribution in [0.1, 0.15) is 25.7 Å². The lowest BCUT2D eigenvalue weighted by Gasteiger charge is -2.38. The van der Waals surface area contributed by atoms with Crippen LogP contribution in [0.2, 0.25) is 0 Å². The molecule has 1 aliphatic carbocycles. The Hall–Kier alpha value is -4.58. The Morgan fingerprint density at radius 3 is 2.46 bits per heavy atom. The molecule has 39 heavy (non-hydrogen) atoms. The number of hydrogen-bond donors (Lipinski definition) is 3. The molecule has 6 rings (SSSR count). The molecule has 4 aromatic rings. The maximum absolute atomic E-state index is 13.2. The van der Waals surface area contributed by atoms with Crippen LogP contribution >= 0.6 is 0 Å². The van der Waals surface area contributed by atoms with Crippen molar-refractivity contribution < 1.29 is 14.7 Å². The van der Waals surface area contributed by atoms with Crippen molar-refractivity contribution >= 4 is 34.3 Å². The summed E-state index contributed by atoms with van der Waals surface area (Å²) in [6, 6.07) is 10.0. The number of rotatable bonds is 6. The number of carbonyl (C=O) groups excluding carboxylic acids is 2. The number of benzene rings is 1. The number of nitrogens with one attached hydrogen (secondary N) is 2. The van der Waals surface area contributed by atoms with Gasteiger partial charge < -0.3 is 20.6 Å². The normalized spacial score (nSPS) is 16.7. The van der Waals surface area contributed by atoms with Crippen LogP contribution in [0, 0.1) is 5.92 Å². The lowest BCUT2D eigenvalue weighted by atomic mass is 9.91. The van der Waals surface area contributed by atoms with Gasteiger partial charge in [-0.25, -0.2) is 14.5 Å². The van der Waals surface area contributed by atoms with Gasteiger partial charge in [0, 0.05) is 30.9 Å². The third kappa shape index (κ3) is 5.23. The van der Waals surface area contributed by atoms with Crippen LogP contribution in [0.15, 0.2) is 66.1 Å². The van der Waals surface area contributed by atoms with E-state index >= 15 is 0 Å². The highest BCUT2D eigenvalue weighted by molar-refractivity contribution is 5.99. The second kappa shape index (κ2) is 9.95. The van der Waals surface area contributed by atoms with Crippen molar-refractivity contribution in [3.63, 3.8) is 0 Å². The van der Waals surface area contributed by atoms with Gasteiger partial charge in [0.05, 0.1) is 35.9 Å². The quantitative estimate of drug-likeness (QED) is 0.348. The third-order valence-corrected chi connectivity index (χ3v) is 7.24. The molecule has 2 fully saturated rings. The number of likely N-dealkylation sites (tertiary alicyclic amines) is 1. The summed E-state index contributed by atoms with van der Waals surface area (Å²) in [7, 11) is 0. The van der Waals surface area contributed by atoms with E-state index in [0.717, 1.165) is 12.8 Å². The number of carbonyl (C=O) groups is 2. The van der Waals surface area contributed by atoms with Gasteiger partial charge in [-0.1, -0.05) is 0 Å². The molecule has 0 bridgehead atoms. The maximum atomic E-state index is 13.2. The molecule has 1 aliphatic heterocycles. The highest BCUT2D eigenvalue weighted by Gasteiger charge is 2.39. The molecule has 0 spiro atoms. The van der Waals surface area contributed by atoms with Gasteiger partial charge in [-0.2, -0.15) is 5.10 Å². The van der Waals surface area contributed by atoms with Gasteiger partial charge in [-0.3, -0.25) is 19.1 Å². The zero-order chi connectivity index (χ0) is 27.0. The van der Waals surface area contributed by atoms with Crippen LogP contribution in [-0.4, -0.2) is 65.0 Å². The standard InChI is InChI=1S/C27H28N8O4/c36-24(18-3-4-18)33-12-9-27(39,10-13-33)16-34-17-29-23-22(25(34)37)15-30-35(23)21-7-5-19(6-8-21)31-26(38)32-20-2-1-11-28-14-20/h1-2,5-8,11,14-15,17-18,39H,3-4,9-10,12-13,16H2,(H2,31,32,38). The van der Waals surface area contributed by atoms with Crippen molar-refractivity contribution in [1.82, 2.24) is 29.2 Å². The summed E-state index contributed by atoms with van der Waals surface area (Å²) in [6.07, 6.45) is 8.81. The number of aliphatic hydroxyl groups is 1. The molecule has 3 amide bonds. The smallest absolute Gasteiger partial charge is 0.323 e. The van der Waals surface area contributed by atoms with Gasteiger partial charge in [0.25, 0.3) is 5.56 Å². The minimum atomic E-state index is -1.08. The fourth-order valence-electron chi connectivity index (χ4n) is 4.87. The van der Waals surface area contributed by atoms with Crippen molar-refractivity contribution in [2.75, 3.05) is 23.7 Å². The average molecular weight is 529 g/mol. The van der Waals surface area contributed by atoms with Crippen LogP contribution < -0.4 is 16.2 Å². The number of amides is 3. The first-order valence-electron chi connectivity index (χ1n) is 12.9. The van der Waals surface area contributed by atoms with E-state index in [1.807, 2.05) is 4.90 Å². The number of anilines is 2. The zero-order valence-electron chi connectivity index (χ0n) is 21.2. The molecule has 0 atom stereocenters. The summed E-state index contributed by atoms with van der Waals surface area (Å²) in [5.74, 6) is 0.341. The first-order valence-corrected chi connectivity index (χ1v) is 12.9. The summed E-state index contributed by atoms with van der Waals surface area (Å²) in [5.41, 5.74) is 0.836. The third-order valence-electron chi connectivity index (χ3n) is 7.24. The molecule has 1 saturated carbocycles. The van der Waals surface area contributed by atoms with Crippen LogP contribution in [0.5, 0.6) is 0 Å². The Balaban J connectivity index is 1.13. The maximum Gasteiger partial charge on any atom is 0.323 e. The van der Waals surface area contributed by atoms with Gasteiger partial charge in [0.1, 0.15) is 11.7 Å². The molecule has 200 valence electrons. The predicted octanol–water partition coefficient (Wildman–Crippen LogP) is 2.38. The van der Waals surface area contributed by atoms with E-state index in [9.17, 15) is 19.5 Å². The summed E-state index contributed by atoms with van der Waals surface area (Å²) in [5, 5.41) is 21.3. The van der Waals surface area contributed by atoms with Gasteiger partial charge in [-0.05, 0) is 62.1 Å². The van der Waals surface area contributed by atoms with Crippen LogP contribution in [0.3, 0.4) is 0 Å². The van der Waals surface area contributed by atoms with Crippen molar-refractivity contribution in [3.05, 3.63) is 71.7 Å². The van der Waals surface area contributed by atoms with Gasteiger partial charge >= 0.3 is 6.03 Å². The Morgan fingerprint density at radius 1 is 1.03 bits per heavy atom. The second-order valence-corrected chi connectivity index (χ2v) is 10.2. The van der Waals surface area contributed by atoms with Crippen LogP contribution in [-0.2, 0) is 11.3 Å². The second-order valence-electron chi connectivity index (χ2n) is 10.2. The predicted molar refractivity (Wildman–Crippen MR) is 143 cm³/mol. The largest absolute Gasteiger partial charge is 0.388 e. The summed E-state index contributed by atoms with van der Waals surface area (Å²) in [4.78, 5) is 48.0. The molecule has 3 N–H and O–H groups in total. The molecule has 2 aliphatic rings. The number of nitrogens with zero attached hydrogens (tertiary/aromatic N) is 6. The molecule has 1 saturated heterocycles. The number of pyridine rings is 1. The molecule has 12 nitrogen and oxygen atoms in total. The van der Waals surface area contributed by atoms with Gasteiger partial charge in [0.15, 0.2) is 5.65 Å². The number of urea groups is 1. The lowest BCUT2D eigenvalue weighted by molar-refractivity contribution is -0.137. The molecule has 12 heteroatoms. The fourth-order valence-corrected chi connectivity index (χ4v) is 4.87. The van der Waals surface area contributed by atoms with Gasteiger partial charge in [-0.15, -0.1) is 0 Å². The summed E-state index contributed by atoms with van der Waals surface area (Å²) < 4.78 is 2.97. The summed E-state index contributed by atoms with van der Waals surface area (Å²) in [6.45, 7) is 1.08. The van der Waals surface area contributed by atoms with Crippen molar-refractivity contribution in [3.8, 4) is 5.69 Å². The number of aromatic nitrogens is 5. The zero-order valence-corrected chi connectivity index (χ0v) is 21.2. The summed E-state index contributed by atoms with van der Waals surface area (Å²) >= 11 is 0. The molecule has 0 radical (unpaired) electrons. The monoisotopic (exact) mass is 528 g/mol. The number of piperidine rings is 1. The topological polar surface area (TPSA) is 147 Å². The van der Waals surface area contributed by atoms with Crippen molar-refractivity contribution in [1.29, 1.82) is 0 Å². The average Bonchev–Trinajstić information content (AvgIpc) is 3.70. The Kier molecular flexibility index (Phi) is 6.31. The van der Waals surface area contributed by atoms with E-state index in [2.05, 4.69) is 25.7 Å². The number of fused-ring (bicyclic) bond motifs is 1. The van der Waals surface area contributed by atoms with E-state index < -0.39 is 11.6 Å². The molecule has 3 aromatic heterocycles. The van der Waals surface area contributed by atoms with Crippen LogP contribution in [0.4, 0.5) is 16.2 Å². The number of hydrogen-bond acceptors (Lipinski definition) is 7. The SMILES string of the molecule is O=C(Nc1ccc(-n2ncc3c(=O)n(CC4(O)CCN(C(=O)C5CC5)CC4)cnc32)cc1)Nc1cccnc1. The lowest BCUT2D eigenvalue weighted by Crippen LogP contribution is -2.50. The highest BCUT2D eigenvalue weighted by atomic mass is 16.3. The van der Waals surface area contributed by atoms with Gasteiger partial charge in [0.2, 0.25) is 5.91 Å². The Bertz CT molecular complexity index is 1570.